The van der Waals surface area contributed by atoms with Gasteiger partial charge in [0, 0.05) is 57.2 Å². The Balaban J connectivity index is -0.000000246. The number of methoxy groups -OCH3 is 3. The molecule has 0 rings (SSSR count). The van der Waals surface area contributed by atoms with E-state index in [1.807, 2.05) is 0 Å². The molecule has 0 spiro atoms. The van der Waals surface area contributed by atoms with E-state index >= 15 is 0 Å². The van der Waals surface area contributed by atoms with Crippen LogP contribution in [0.1, 0.15) is 40.5 Å². The van der Waals surface area contributed by atoms with Crippen molar-refractivity contribution >= 4 is 42.4 Å². The van der Waals surface area contributed by atoms with E-state index in [1.54, 1.807) is 21.2 Å². The highest BCUT2D eigenvalue weighted by Crippen LogP contribution is 2.12. The van der Waals surface area contributed by atoms with Crippen LogP contribution < -0.4 is 5.11 Å². The minimum absolute atomic E-state index is 0.0501. The first kappa shape index (κ1) is 76.1. The van der Waals surface area contributed by atoms with Crippen molar-refractivity contribution in [3.63, 3.8) is 0 Å². The largest absolute Gasteiger partial charge is 0.748 e. The minimum Gasteiger partial charge on any atom is -0.748 e. The first-order valence-corrected chi connectivity index (χ1v) is 33.8. The van der Waals surface area contributed by atoms with Crippen molar-refractivity contribution in [2.75, 3.05) is 147 Å². The lowest BCUT2D eigenvalue weighted by atomic mass is 10.2. The van der Waals surface area contributed by atoms with Crippen molar-refractivity contribution in [2.24, 2.45) is 0 Å². The summed E-state index contributed by atoms with van der Waals surface area (Å²) in [5, 5.41) is 56.8. The molecule has 25 heteroatoms. The van der Waals surface area contributed by atoms with Crippen LogP contribution in [0.15, 0.2) is 0 Å². The van der Waals surface area contributed by atoms with Crippen molar-refractivity contribution in [1.82, 2.24) is 4.90 Å². The number of hydrogen-bond donors (Lipinski definition) is 6. The van der Waals surface area contributed by atoms with E-state index in [1.165, 1.54) is 20.3 Å². The highest BCUT2D eigenvalue weighted by molar-refractivity contribution is 7.86. The van der Waals surface area contributed by atoms with Crippen LogP contribution in [0.5, 0.6) is 0 Å². The summed E-state index contributed by atoms with van der Waals surface area (Å²) in [6, 6.07) is 2.97. The molecule has 0 aliphatic carbocycles. The van der Waals surface area contributed by atoms with Crippen LogP contribution in [0.2, 0.25) is 51.4 Å². The number of quaternary nitrogens is 2. The molecule has 0 aliphatic heterocycles. The molecule has 0 radical (unpaired) electrons. The van der Waals surface area contributed by atoms with Crippen molar-refractivity contribution in [3.8, 4) is 0 Å². The zero-order valence-corrected chi connectivity index (χ0v) is 48.8. The van der Waals surface area contributed by atoms with Crippen molar-refractivity contribution in [1.29, 1.82) is 0 Å². The molecule has 6 N–H and O–H groups in total. The maximum absolute atomic E-state index is 10.4. The summed E-state index contributed by atoms with van der Waals surface area (Å²) in [5.74, 6) is -2.57. The van der Waals surface area contributed by atoms with Gasteiger partial charge in [0.15, 0.2) is 0 Å². The number of aliphatic hydroxyl groups excluding tert-OH is 5. The number of ether oxygens (including phenoxy) is 5. The Morgan fingerprint density at radius 1 is 0.632 bits per heavy atom. The molecule has 0 aromatic rings. The Kier molecular flexibility index (Phi) is 45.5. The van der Waals surface area contributed by atoms with E-state index in [0.717, 1.165) is 56.2 Å². The number of carbonyl (C=O) groups is 1. The van der Waals surface area contributed by atoms with Crippen LogP contribution in [-0.2, 0) is 48.7 Å². The van der Waals surface area contributed by atoms with Gasteiger partial charge in [0.25, 0.3) is 10.1 Å². The van der Waals surface area contributed by atoms with Gasteiger partial charge < -0.3 is 77.5 Å². The maximum Gasteiger partial charge on any atom is 0.267 e. The second-order valence-electron chi connectivity index (χ2n) is 20.8. The number of carbonyl (C=O) groups excluding carboxylic acids is 1. The molecule has 0 aromatic heterocycles. The summed E-state index contributed by atoms with van der Waals surface area (Å²) in [5.41, 5.74) is 0. The van der Waals surface area contributed by atoms with Gasteiger partial charge in [-0.15, -0.1) is 0 Å². The molecule has 0 fully saturated rings. The zero-order valence-electron chi connectivity index (χ0n) is 45.1. The third kappa shape index (κ3) is 63.2. The zero-order chi connectivity index (χ0) is 54.6. The standard InChI is InChI=1S/C13H31NO2Si.C9H22NO2.C9H22O5SSi.C8H17NO4.C4H10O5S/c1-6-14(7-2)11-13(15)12-16-9-8-10-17(3,4)5;1-8(2)10(3,4)6-9(11)7-12-5;1-16(2,3)6-4-5-14-7-9(10)8-15(11,12)13;1-9(2,5-8(11)12)4-7(10)6-13-3;1-9-2-4(5)3-10(6,7)8/h13,15H,6-12H2,1-5H3;8-9,11H,6-7H2,1-5H3;9-10H,4-8H2,1-3H3,(H,11,12,13);7,10H,4-6H2,1-3H3;4-5H,2-3H2,1H3,(H,6,7,8)/q;+1;;;/p-1. The molecule has 0 saturated heterocycles. The van der Waals surface area contributed by atoms with Gasteiger partial charge in [0.1, 0.15) is 37.6 Å². The lowest BCUT2D eigenvalue weighted by Gasteiger charge is -2.35. The fraction of sp³-hybridized carbons (Fsp3) is 0.977. The average molecular weight is 1070 g/mol. The van der Waals surface area contributed by atoms with E-state index in [2.05, 4.69) is 90.7 Å². The van der Waals surface area contributed by atoms with Gasteiger partial charge >= 0.3 is 0 Å². The molecular formula is C43H101N3O18S2Si2. The summed E-state index contributed by atoms with van der Waals surface area (Å²) in [6.45, 7) is 28.4. The minimum atomic E-state index is -4.33. The van der Waals surface area contributed by atoms with E-state index in [-0.39, 0.29) is 43.1 Å². The second kappa shape index (κ2) is 40.7. The first-order chi connectivity index (χ1) is 30.7. The molecule has 0 saturated carbocycles. The average Bonchev–Trinajstić information content (AvgIpc) is 3.11. The summed E-state index contributed by atoms with van der Waals surface area (Å²) in [4.78, 5) is 12.5. The van der Waals surface area contributed by atoms with Crippen molar-refractivity contribution < 1.29 is 94.0 Å². The fourth-order valence-electron chi connectivity index (χ4n) is 5.68. The van der Waals surface area contributed by atoms with E-state index < -0.39 is 72.2 Å². The molecule has 21 nitrogen and oxygen atoms in total. The van der Waals surface area contributed by atoms with E-state index in [0.29, 0.717) is 32.4 Å². The van der Waals surface area contributed by atoms with Crippen LogP contribution in [0.25, 0.3) is 0 Å². The smallest absolute Gasteiger partial charge is 0.267 e. The normalized spacial score (nSPS) is 14.7. The number of carboxylic acid groups (broad SMARTS) is 1. The number of hydrogen-bond acceptors (Lipinski definition) is 18. The molecule has 416 valence electrons. The van der Waals surface area contributed by atoms with Gasteiger partial charge in [0.2, 0.25) is 0 Å². The number of carboxylic acids is 1. The number of likely N-dealkylation sites (N-methyl/N-ethyl adjacent to an activating group) is 3. The van der Waals surface area contributed by atoms with Crippen LogP contribution in [0.4, 0.5) is 0 Å². The molecule has 68 heavy (non-hydrogen) atoms. The Morgan fingerprint density at radius 2 is 1.00 bits per heavy atom. The lowest BCUT2D eigenvalue weighted by molar-refractivity contribution is -0.914. The third-order valence-corrected chi connectivity index (χ3v) is 14.9. The Morgan fingerprint density at radius 3 is 1.32 bits per heavy atom. The molecule has 0 aliphatic rings. The van der Waals surface area contributed by atoms with Crippen LogP contribution >= 0.6 is 0 Å². The van der Waals surface area contributed by atoms with Crippen LogP contribution in [0, 0.1) is 0 Å². The summed E-state index contributed by atoms with van der Waals surface area (Å²) >= 11 is 0. The number of aliphatic hydroxyl groups is 5. The van der Waals surface area contributed by atoms with Gasteiger partial charge in [0.05, 0.1) is 107 Å². The number of nitrogens with zero attached hydrogens (tertiary/aromatic N) is 3. The fourth-order valence-corrected chi connectivity index (χ4v) is 9.24. The molecule has 0 aromatic carbocycles. The van der Waals surface area contributed by atoms with E-state index in [9.17, 15) is 51.7 Å². The Bertz CT molecular complexity index is 1420. The first-order valence-electron chi connectivity index (χ1n) is 23.2. The molecular weight excluding hydrogens is 967 g/mol. The molecule has 0 bridgehead atoms. The lowest BCUT2D eigenvalue weighted by Crippen LogP contribution is -2.52. The highest BCUT2D eigenvalue weighted by Gasteiger charge is 2.24. The number of aliphatic carboxylic acids is 1. The van der Waals surface area contributed by atoms with Crippen LogP contribution in [-0.4, -0.2) is 271 Å². The maximum atomic E-state index is 10.4. The molecule has 5 unspecified atom stereocenters. The van der Waals surface area contributed by atoms with E-state index in [4.69, 9.17) is 28.6 Å². The third-order valence-electron chi connectivity index (χ3n) is 9.63. The van der Waals surface area contributed by atoms with Gasteiger partial charge in [-0.3, -0.25) is 4.55 Å². The molecule has 0 amide bonds. The summed E-state index contributed by atoms with van der Waals surface area (Å²) in [7, 11) is 1.66. The summed E-state index contributed by atoms with van der Waals surface area (Å²) in [6.07, 6.45) is -1.65. The number of rotatable bonds is 33. The second-order valence-corrected chi connectivity index (χ2v) is 35.0. The monoisotopic (exact) mass is 1070 g/mol. The Labute approximate surface area is 414 Å². The van der Waals surface area contributed by atoms with Gasteiger partial charge in [-0.25, -0.2) is 8.42 Å². The van der Waals surface area contributed by atoms with Crippen molar-refractivity contribution in [2.45, 2.75) is 128 Å². The topological polar surface area (TPSA) is 302 Å². The SMILES string of the molecule is CCN(CC)CC(O)COCCC[Si](C)(C)C.COCC(O)CS(=O)(=O)[O-].COCC(O)C[N+](C)(C)C(C)C.COCC(O)C[N+](C)(C)CC(=O)[O-].C[Si](C)(C)CCCOCC(O)CS(=O)(=O)O. The summed E-state index contributed by atoms with van der Waals surface area (Å²) < 4.78 is 84.8. The predicted octanol–water partition coefficient (Wildman–Crippen LogP) is 0.251. The van der Waals surface area contributed by atoms with Gasteiger partial charge in [-0.2, -0.15) is 8.42 Å². The van der Waals surface area contributed by atoms with Crippen molar-refractivity contribution in [3.05, 3.63) is 0 Å². The molecule has 0 heterocycles. The highest BCUT2D eigenvalue weighted by atomic mass is 32.2. The van der Waals surface area contributed by atoms with Gasteiger partial charge in [-0.05, 0) is 39.8 Å². The molecule has 5 atom stereocenters. The Hall–Kier alpha value is -0.796. The quantitative estimate of drug-likeness (QED) is 0.0222. The van der Waals surface area contributed by atoms with Gasteiger partial charge in [-0.1, -0.05) is 65.2 Å². The van der Waals surface area contributed by atoms with Crippen LogP contribution in [0.3, 0.4) is 0 Å². The predicted molar refractivity (Wildman–Crippen MR) is 271 cm³/mol.